The standard InChI is InChI=1S/C21H22N6O3/c1-25-16-9-8-15(21(30)26(2)17(16)10-11-18(25)28)23-20(29)19-22-13-27(24-19)12-14-6-4-3-5-7-14/h3-7,10-11,13,15H,8-9,12H2,1-2H3,(H,23,29)/t15-/m1/s1. The number of hydrogen-bond acceptors (Lipinski definition) is 5. The summed E-state index contributed by atoms with van der Waals surface area (Å²) in [5.74, 6) is -0.742. The quantitative estimate of drug-likeness (QED) is 0.688. The summed E-state index contributed by atoms with van der Waals surface area (Å²) in [7, 11) is 3.32. The number of nitrogens with one attached hydrogen (secondary N) is 1. The average molecular weight is 406 g/mol. The predicted octanol–water partition coefficient (Wildman–Crippen LogP) is 0.733. The predicted molar refractivity (Wildman–Crippen MR) is 110 cm³/mol. The van der Waals surface area contributed by atoms with Gasteiger partial charge in [0.15, 0.2) is 0 Å². The highest BCUT2D eigenvalue weighted by Crippen LogP contribution is 2.24. The van der Waals surface area contributed by atoms with Crippen LogP contribution < -0.4 is 15.8 Å². The number of fused-ring (bicyclic) bond motifs is 1. The van der Waals surface area contributed by atoms with Crippen LogP contribution in [0.25, 0.3) is 0 Å². The molecule has 2 aromatic heterocycles. The van der Waals surface area contributed by atoms with Gasteiger partial charge in [-0.2, -0.15) is 0 Å². The lowest BCUT2D eigenvalue weighted by Gasteiger charge is -2.22. The number of pyridine rings is 1. The Kier molecular flexibility index (Phi) is 5.18. The second-order valence-corrected chi connectivity index (χ2v) is 7.28. The van der Waals surface area contributed by atoms with Crippen molar-refractivity contribution in [1.29, 1.82) is 0 Å². The third-order valence-electron chi connectivity index (χ3n) is 5.31. The SMILES string of the molecule is CN1C(=O)[C@H](NC(=O)c2ncn(Cc3ccccc3)n2)CCc2c1ccc(=O)n2C. The van der Waals surface area contributed by atoms with Gasteiger partial charge in [-0.3, -0.25) is 14.4 Å². The van der Waals surface area contributed by atoms with Crippen LogP contribution in [-0.2, 0) is 24.8 Å². The van der Waals surface area contributed by atoms with Gasteiger partial charge in [0, 0.05) is 25.9 Å². The number of benzene rings is 1. The Labute approximate surface area is 173 Å². The van der Waals surface area contributed by atoms with Crippen LogP contribution in [0.15, 0.2) is 53.6 Å². The van der Waals surface area contributed by atoms with E-state index in [1.54, 1.807) is 24.8 Å². The Morgan fingerprint density at radius 3 is 2.67 bits per heavy atom. The molecule has 1 aliphatic heterocycles. The zero-order valence-electron chi connectivity index (χ0n) is 16.8. The van der Waals surface area contributed by atoms with Crippen molar-refractivity contribution in [2.75, 3.05) is 11.9 Å². The number of aromatic nitrogens is 4. The summed E-state index contributed by atoms with van der Waals surface area (Å²) in [5, 5.41) is 6.97. The van der Waals surface area contributed by atoms with E-state index in [2.05, 4.69) is 15.4 Å². The van der Waals surface area contributed by atoms with Crippen LogP contribution >= 0.6 is 0 Å². The maximum Gasteiger partial charge on any atom is 0.291 e. The first-order chi connectivity index (χ1) is 14.4. The second-order valence-electron chi connectivity index (χ2n) is 7.28. The van der Waals surface area contributed by atoms with Crippen molar-refractivity contribution in [3.8, 4) is 0 Å². The summed E-state index contributed by atoms with van der Waals surface area (Å²) < 4.78 is 3.12. The highest BCUT2D eigenvalue weighted by atomic mass is 16.2. The van der Waals surface area contributed by atoms with Crippen molar-refractivity contribution < 1.29 is 9.59 Å². The van der Waals surface area contributed by atoms with E-state index < -0.39 is 11.9 Å². The van der Waals surface area contributed by atoms with Crippen molar-refractivity contribution in [3.05, 3.63) is 76.2 Å². The Morgan fingerprint density at radius 1 is 1.13 bits per heavy atom. The molecule has 9 heteroatoms. The highest BCUT2D eigenvalue weighted by Gasteiger charge is 2.31. The first-order valence-electron chi connectivity index (χ1n) is 9.65. The molecule has 1 N–H and O–H groups in total. The van der Waals surface area contributed by atoms with E-state index in [9.17, 15) is 14.4 Å². The molecule has 0 saturated carbocycles. The first-order valence-corrected chi connectivity index (χ1v) is 9.65. The van der Waals surface area contributed by atoms with E-state index in [1.807, 2.05) is 30.3 Å². The molecule has 2 amide bonds. The maximum atomic E-state index is 12.9. The Morgan fingerprint density at radius 2 is 1.90 bits per heavy atom. The van der Waals surface area contributed by atoms with Crippen LogP contribution in [0.4, 0.5) is 5.69 Å². The average Bonchev–Trinajstić information content (AvgIpc) is 3.17. The topological polar surface area (TPSA) is 102 Å². The monoisotopic (exact) mass is 406 g/mol. The van der Waals surface area contributed by atoms with E-state index >= 15 is 0 Å². The molecule has 30 heavy (non-hydrogen) atoms. The minimum atomic E-state index is -0.730. The van der Waals surface area contributed by atoms with Crippen molar-refractivity contribution in [1.82, 2.24) is 24.6 Å². The zero-order valence-corrected chi connectivity index (χ0v) is 16.8. The number of likely N-dealkylation sites (N-methyl/N-ethyl adjacent to an activating group) is 1. The van der Waals surface area contributed by atoms with Crippen LogP contribution in [0.2, 0.25) is 0 Å². The summed E-state index contributed by atoms with van der Waals surface area (Å²) >= 11 is 0. The largest absolute Gasteiger partial charge is 0.337 e. The Hall–Kier alpha value is -3.75. The van der Waals surface area contributed by atoms with Crippen LogP contribution in [-0.4, -0.2) is 44.2 Å². The molecule has 1 aliphatic rings. The molecule has 0 bridgehead atoms. The van der Waals surface area contributed by atoms with E-state index in [1.165, 1.54) is 21.9 Å². The van der Waals surface area contributed by atoms with Gasteiger partial charge in [-0.1, -0.05) is 30.3 Å². The molecule has 1 aromatic carbocycles. The number of rotatable bonds is 4. The van der Waals surface area contributed by atoms with Gasteiger partial charge in [0.2, 0.25) is 11.7 Å². The van der Waals surface area contributed by atoms with Crippen LogP contribution in [0.1, 0.15) is 28.3 Å². The molecular formula is C21H22N6O3. The van der Waals surface area contributed by atoms with Gasteiger partial charge < -0.3 is 14.8 Å². The lowest BCUT2D eigenvalue weighted by atomic mass is 10.1. The van der Waals surface area contributed by atoms with Gasteiger partial charge >= 0.3 is 0 Å². The lowest BCUT2D eigenvalue weighted by molar-refractivity contribution is -0.120. The van der Waals surface area contributed by atoms with Crippen molar-refractivity contribution in [2.24, 2.45) is 7.05 Å². The minimum Gasteiger partial charge on any atom is -0.337 e. The zero-order chi connectivity index (χ0) is 21.3. The normalized spacial score (nSPS) is 16.1. The van der Waals surface area contributed by atoms with Gasteiger partial charge in [0.25, 0.3) is 11.5 Å². The molecule has 9 nitrogen and oxygen atoms in total. The number of hydrogen-bond donors (Lipinski definition) is 1. The molecule has 0 saturated heterocycles. The number of anilines is 1. The summed E-state index contributed by atoms with van der Waals surface area (Å²) in [4.78, 5) is 43.1. The second kappa shape index (κ2) is 7.94. The van der Waals surface area contributed by atoms with E-state index in [4.69, 9.17) is 0 Å². The highest BCUT2D eigenvalue weighted by molar-refractivity contribution is 6.01. The van der Waals surface area contributed by atoms with Gasteiger partial charge in [-0.15, -0.1) is 5.10 Å². The molecule has 0 fully saturated rings. The Bertz CT molecular complexity index is 1150. The summed E-state index contributed by atoms with van der Waals surface area (Å²) in [6, 6.07) is 12.1. The Balaban J connectivity index is 1.48. The minimum absolute atomic E-state index is 0.00976. The lowest BCUT2D eigenvalue weighted by Crippen LogP contribution is -2.47. The van der Waals surface area contributed by atoms with Gasteiger partial charge in [-0.05, 0) is 24.5 Å². The van der Waals surface area contributed by atoms with Crippen LogP contribution in [0, 0.1) is 0 Å². The van der Waals surface area contributed by atoms with E-state index in [-0.39, 0.29) is 17.3 Å². The van der Waals surface area contributed by atoms with Crippen molar-refractivity contribution in [2.45, 2.75) is 25.4 Å². The molecule has 0 radical (unpaired) electrons. The first kappa shape index (κ1) is 19.6. The molecule has 0 unspecified atom stereocenters. The fourth-order valence-electron chi connectivity index (χ4n) is 3.62. The summed E-state index contributed by atoms with van der Waals surface area (Å²) in [6.07, 6.45) is 2.36. The fourth-order valence-corrected chi connectivity index (χ4v) is 3.62. The number of carbonyl (C=O) groups is 2. The van der Waals surface area contributed by atoms with E-state index in [0.717, 1.165) is 11.3 Å². The molecule has 3 heterocycles. The van der Waals surface area contributed by atoms with Gasteiger partial charge in [0.1, 0.15) is 12.4 Å². The smallest absolute Gasteiger partial charge is 0.291 e. The third-order valence-corrected chi connectivity index (χ3v) is 5.31. The number of amides is 2. The molecule has 1 atom stereocenters. The van der Waals surface area contributed by atoms with Gasteiger partial charge in [-0.25, -0.2) is 9.67 Å². The molecular weight excluding hydrogens is 384 g/mol. The van der Waals surface area contributed by atoms with Crippen molar-refractivity contribution in [3.63, 3.8) is 0 Å². The van der Waals surface area contributed by atoms with E-state index in [0.29, 0.717) is 25.1 Å². The molecule has 0 spiro atoms. The third kappa shape index (κ3) is 3.73. The van der Waals surface area contributed by atoms with Crippen LogP contribution in [0.5, 0.6) is 0 Å². The molecule has 4 rings (SSSR count). The van der Waals surface area contributed by atoms with Crippen molar-refractivity contribution >= 4 is 17.5 Å². The number of nitrogens with zero attached hydrogens (tertiary/aromatic N) is 5. The van der Waals surface area contributed by atoms with Crippen LogP contribution in [0.3, 0.4) is 0 Å². The molecule has 3 aromatic rings. The summed E-state index contributed by atoms with van der Waals surface area (Å²) in [5.41, 5.74) is 2.34. The number of carbonyl (C=O) groups excluding carboxylic acids is 2. The summed E-state index contributed by atoms with van der Waals surface area (Å²) in [6.45, 7) is 0.496. The van der Waals surface area contributed by atoms with Gasteiger partial charge in [0.05, 0.1) is 12.2 Å². The fraction of sp³-hybridized carbons (Fsp3) is 0.286. The molecule has 0 aliphatic carbocycles. The molecule has 154 valence electrons. The maximum absolute atomic E-state index is 12.9.